The number of aliphatic hydroxyl groups is 1. The molecule has 0 radical (unpaired) electrons. The highest BCUT2D eigenvalue weighted by Gasteiger charge is 2.57. The fourth-order valence-corrected chi connectivity index (χ4v) is 3.70. The van der Waals surface area contributed by atoms with Crippen LogP contribution < -0.4 is 0 Å². The molecule has 9 nitrogen and oxygen atoms in total. The van der Waals surface area contributed by atoms with Crippen LogP contribution >= 0.6 is 0 Å². The third kappa shape index (κ3) is 4.80. The Hall–Kier alpha value is -3.33. The van der Waals surface area contributed by atoms with Crippen molar-refractivity contribution in [1.82, 2.24) is 0 Å². The molecule has 1 aliphatic carbocycles. The number of Topliss-reactive ketones (excluding diaryl/α,β-unsaturated/α-hetero) is 1. The Balaban J connectivity index is 2.59. The SMILES string of the molecule is C=CCOC(=O)[C@@H]1C(=O)C[C@](C)(O)[C@@H](C(=O)OCC=C)[C@@H]1c1ccc([N+](=O)[O-])cc1. The summed E-state index contributed by atoms with van der Waals surface area (Å²) in [5.41, 5.74) is -1.73. The van der Waals surface area contributed by atoms with Gasteiger partial charge in [-0.15, -0.1) is 0 Å². The van der Waals surface area contributed by atoms with Gasteiger partial charge in [-0.3, -0.25) is 24.5 Å². The Kier molecular flexibility index (Phi) is 7.23. The summed E-state index contributed by atoms with van der Waals surface area (Å²) in [6.07, 6.45) is 2.22. The zero-order valence-corrected chi connectivity index (χ0v) is 16.5. The third-order valence-electron chi connectivity index (χ3n) is 4.95. The number of hydrogen-bond donors (Lipinski definition) is 1. The molecule has 4 atom stereocenters. The van der Waals surface area contributed by atoms with Crippen LogP contribution in [0.2, 0.25) is 0 Å². The molecule has 0 bridgehead atoms. The average molecular weight is 417 g/mol. The fraction of sp³-hybridized carbons (Fsp3) is 0.381. The highest BCUT2D eigenvalue weighted by atomic mass is 16.6. The molecule has 0 unspecified atom stereocenters. The number of nitrogens with zero attached hydrogens (tertiary/aromatic N) is 1. The summed E-state index contributed by atoms with van der Waals surface area (Å²) in [7, 11) is 0. The van der Waals surface area contributed by atoms with E-state index < -0.39 is 52.4 Å². The van der Waals surface area contributed by atoms with Gasteiger partial charge < -0.3 is 14.6 Å². The third-order valence-corrected chi connectivity index (χ3v) is 4.95. The molecule has 0 spiro atoms. The Morgan fingerprint density at radius 2 is 1.73 bits per heavy atom. The molecule has 2 rings (SSSR count). The zero-order chi connectivity index (χ0) is 22.5. The number of rotatable bonds is 8. The normalized spacial score (nSPS) is 25.8. The van der Waals surface area contributed by atoms with Crippen molar-refractivity contribution in [3.8, 4) is 0 Å². The minimum atomic E-state index is -1.81. The van der Waals surface area contributed by atoms with Gasteiger partial charge in [0.25, 0.3) is 5.69 Å². The van der Waals surface area contributed by atoms with Crippen LogP contribution in [-0.4, -0.2) is 46.6 Å². The van der Waals surface area contributed by atoms with Crippen molar-refractivity contribution in [1.29, 1.82) is 0 Å². The van der Waals surface area contributed by atoms with E-state index >= 15 is 0 Å². The van der Waals surface area contributed by atoms with E-state index in [1.54, 1.807) is 0 Å². The van der Waals surface area contributed by atoms with Gasteiger partial charge in [-0.1, -0.05) is 37.4 Å². The van der Waals surface area contributed by atoms with Crippen molar-refractivity contribution in [2.24, 2.45) is 11.8 Å². The van der Waals surface area contributed by atoms with Gasteiger partial charge in [0, 0.05) is 24.5 Å². The minimum Gasteiger partial charge on any atom is -0.461 e. The number of carbonyl (C=O) groups excluding carboxylic acids is 3. The molecule has 0 amide bonds. The predicted octanol–water partition coefficient (Wildman–Crippen LogP) is 2.09. The van der Waals surface area contributed by atoms with Crippen LogP contribution in [-0.2, 0) is 23.9 Å². The number of benzene rings is 1. The van der Waals surface area contributed by atoms with Gasteiger partial charge in [0.1, 0.15) is 19.1 Å². The summed E-state index contributed by atoms with van der Waals surface area (Å²) < 4.78 is 10.2. The van der Waals surface area contributed by atoms with Crippen molar-refractivity contribution < 1.29 is 33.9 Å². The van der Waals surface area contributed by atoms with Gasteiger partial charge in [0.15, 0.2) is 5.78 Å². The standard InChI is InChI=1S/C21H23NO8/c1-4-10-29-19(24)17-15(23)12-21(3,26)18(20(25)30-11-5-2)16(17)13-6-8-14(9-7-13)22(27)28/h4-9,16-18,26H,1-2,10-12H2,3H3/t16-,17-,18-,21+/m1/s1. The first-order valence-corrected chi connectivity index (χ1v) is 9.18. The predicted molar refractivity (Wildman–Crippen MR) is 105 cm³/mol. The van der Waals surface area contributed by atoms with Crippen LogP contribution in [0.15, 0.2) is 49.6 Å². The van der Waals surface area contributed by atoms with Crippen molar-refractivity contribution in [3.05, 3.63) is 65.3 Å². The summed E-state index contributed by atoms with van der Waals surface area (Å²) >= 11 is 0. The number of carbonyl (C=O) groups is 3. The van der Waals surface area contributed by atoms with E-state index in [0.717, 1.165) is 0 Å². The van der Waals surface area contributed by atoms with Gasteiger partial charge in [0.05, 0.1) is 16.4 Å². The summed E-state index contributed by atoms with van der Waals surface area (Å²) in [5.74, 6) is -6.13. The highest BCUT2D eigenvalue weighted by molar-refractivity contribution is 6.02. The summed E-state index contributed by atoms with van der Waals surface area (Å²) in [5, 5.41) is 21.9. The molecule has 30 heavy (non-hydrogen) atoms. The molecular formula is C21H23NO8. The number of hydrogen-bond acceptors (Lipinski definition) is 8. The quantitative estimate of drug-likeness (QED) is 0.223. The first kappa shape index (κ1) is 23.0. The van der Waals surface area contributed by atoms with E-state index in [-0.39, 0.29) is 24.5 Å². The van der Waals surface area contributed by atoms with Crippen molar-refractivity contribution >= 4 is 23.4 Å². The topological polar surface area (TPSA) is 133 Å². The van der Waals surface area contributed by atoms with E-state index in [2.05, 4.69) is 13.2 Å². The van der Waals surface area contributed by atoms with Crippen LogP contribution in [0.4, 0.5) is 5.69 Å². The van der Waals surface area contributed by atoms with Crippen LogP contribution in [0.3, 0.4) is 0 Å². The lowest BCUT2D eigenvalue weighted by Crippen LogP contribution is -2.55. The smallest absolute Gasteiger partial charge is 0.317 e. The van der Waals surface area contributed by atoms with Gasteiger partial charge >= 0.3 is 11.9 Å². The van der Waals surface area contributed by atoms with E-state index in [4.69, 9.17) is 9.47 Å². The number of ether oxygens (including phenoxy) is 2. The number of ketones is 1. The van der Waals surface area contributed by atoms with E-state index in [0.29, 0.717) is 0 Å². The molecule has 1 saturated carbocycles. The molecule has 1 aliphatic rings. The van der Waals surface area contributed by atoms with Gasteiger partial charge in [-0.25, -0.2) is 0 Å². The molecular weight excluding hydrogens is 394 g/mol. The number of nitro benzene ring substituents is 1. The Labute approximate surface area is 173 Å². The summed E-state index contributed by atoms with van der Waals surface area (Å²) in [6.45, 7) is 7.96. The van der Waals surface area contributed by atoms with Crippen molar-refractivity contribution in [2.75, 3.05) is 13.2 Å². The van der Waals surface area contributed by atoms with Crippen LogP contribution in [0.25, 0.3) is 0 Å². The molecule has 1 aromatic carbocycles. The molecule has 1 fully saturated rings. The first-order chi connectivity index (χ1) is 14.1. The van der Waals surface area contributed by atoms with Gasteiger partial charge in [-0.05, 0) is 12.5 Å². The lowest BCUT2D eigenvalue weighted by Gasteiger charge is -2.43. The second-order valence-corrected chi connectivity index (χ2v) is 7.17. The molecule has 0 saturated heterocycles. The molecule has 0 heterocycles. The summed E-state index contributed by atoms with van der Waals surface area (Å²) in [4.78, 5) is 48.6. The minimum absolute atomic E-state index is 0.127. The molecule has 1 N–H and O–H groups in total. The molecule has 0 aromatic heterocycles. The highest BCUT2D eigenvalue weighted by Crippen LogP contribution is 2.47. The monoisotopic (exact) mass is 417 g/mol. The zero-order valence-electron chi connectivity index (χ0n) is 16.5. The van der Waals surface area contributed by atoms with Crippen molar-refractivity contribution in [2.45, 2.75) is 24.9 Å². The molecule has 1 aromatic rings. The Morgan fingerprint density at radius 3 is 2.23 bits per heavy atom. The maximum Gasteiger partial charge on any atom is 0.317 e. The molecule has 0 aliphatic heterocycles. The van der Waals surface area contributed by atoms with Gasteiger partial charge in [-0.2, -0.15) is 0 Å². The second-order valence-electron chi connectivity index (χ2n) is 7.17. The summed E-state index contributed by atoms with van der Waals surface area (Å²) in [6, 6.07) is 5.08. The first-order valence-electron chi connectivity index (χ1n) is 9.18. The largest absolute Gasteiger partial charge is 0.461 e. The Morgan fingerprint density at radius 1 is 1.20 bits per heavy atom. The average Bonchev–Trinajstić information content (AvgIpc) is 2.69. The molecule has 9 heteroatoms. The van der Waals surface area contributed by atoms with Crippen LogP contribution in [0.1, 0.15) is 24.8 Å². The van der Waals surface area contributed by atoms with Crippen LogP contribution in [0.5, 0.6) is 0 Å². The van der Waals surface area contributed by atoms with E-state index in [1.165, 1.54) is 43.3 Å². The maximum atomic E-state index is 12.8. The van der Waals surface area contributed by atoms with E-state index in [1.807, 2.05) is 0 Å². The lowest BCUT2D eigenvalue weighted by molar-refractivity contribution is -0.384. The number of nitro groups is 1. The maximum absolute atomic E-state index is 12.8. The van der Waals surface area contributed by atoms with Crippen LogP contribution in [0, 0.1) is 22.0 Å². The fourth-order valence-electron chi connectivity index (χ4n) is 3.70. The van der Waals surface area contributed by atoms with Crippen molar-refractivity contribution in [3.63, 3.8) is 0 Å². The van der Waals surface area contributed by atoms with E-state index in [9.17, 15) is 29.6 Å². The Bertz CT molecular complexity index is 858. The number of esters is 2. The second kappa shape index (κ2) is 9.45. The van der Waals surface area contributed by atoms with Gasteiger partial charge in [0.2, 0.25) is 0 Å². The number of non-ortho nitro benzene ring substituents is 1. The molecule has 160 valence electrons. The lowest BCUT2D eigenvalue weighted by atomic mass is 9.61.